The second kappa shape index (κ2) is 11.4. The number of halogens is 1. The third-order valence-electron chi connectivity index (χ3n) is 6.57. The van der Waals surface area contributed by atoms with Gasteiger partial charge in [0.15, 0.2) is 0 Å². The van der Waals surface area contributed by atoms with E-state index in [2.05, 4.69) is 20.5 Å². The molecule has 0 aliphatic heterocycles. The molecule has 0 radical (unpaired) electrons. The van der Waals surface area contributed by atoms with Gasteiger partial charge in [-0.25, -0.2) is 0 Å². The Morgan fingerprint density at radius 3 is 1.05 bits per heavy atom. The molecule has 0 saturated carbocycles. The van der Waals surface area contributed by atoms with Crippen LogP contribution in [0.25, 0.3) is 0 Å². The van der Waals surface area contributed by atoms with E-state index in [1.165, 1.54) is 0 Å². The Bertz CT molecular complexity index is 1410. The monoisotopic (exact) mass is 554 g/mol. The van der Waals surface area contributed by atoms with E-state index in [-0.39, 0.29) is 5.75 Å². The molecule has 0 aromatic heterocycles. The number of phenols is 1. The summed E-state index contributed by atoms with van der Waals surface area (Å²) in [6.45, 7) is 0. The van der Waals surface area contributed by atoms with Crippen LogP contribution in [0.1, 0.15) is 0 Å². The predicted octanol–water partition coefficient (Wildman–Crippen LogP) is 7.81. The molecule has 5 nitrogen and oxygen atoms in total. The SMILES string of the molecule is Oc1cc[c]([Zn]([Cl])([c]2ccc(/N=N/c3ccccc3)cc2)[c]2ccc(/N=N/c3ccccc3)cc2)cc1. The van der Waals surface area contributed by atoms with Crippen molar-refractivity contribution in [1.29, 1.82) is 0 Å². The van der Waals surface area contributed by atoms with Crippen LogP contribution in [0.4, 0.5) is 22.7 Å². The van der Waals surface area contributed by atoms with E-state index >= 15 is 0 Å². The first kappa shape index (κ1) is 24.7. The van der Waals surface area contributed by atoms with Crippen LogP contribution < -0.4 is 12.5 Å². The van der Waals surface area contributed by atoms with E-state index in [9.17, 15) is 5.11 Å². The summed E-state index contributed by atoms with van der Waals surface area (Å²) in [5.41, 5.74) is 3.10. The number of azo groups is 2. The summed E-state index contributed by atoms with van der Waals surface area (Å²) in [5, 5.41) is 27.2. The van der Waals surface area contributed by atoms with Gasteiger partial charge >= 0.3 is 223 Å². The molecule has 0 saturated heterocycles. The normalized spacial score (nSPS) is 11.4. The van der Waals surface area contributed by atoms with Crippen LogP contribution >= 0.6 is 9.69 Å². The zero-order valence-electron chi connectivity index (χ0n) is 20.0. The minimum absolute atomic E-state index is 0.212. The van der Waals surface area contributed by atoms with Crippen molar-refractivity contribution in [2.45, 2.75) is 0 Å². The Hall–Kier alpha value is -3.99. The van der Waals surface area contributed by atoms with Gasteiger partial charge in [0.1, 0.15) is 0 Å². The Labute approximate surface area is 222 Å². The third-order valence-corrected chi connectivity index (χ3v) is 21.4. The first-order valence-corrected chi connectivity index (χ1v) is 20.5. The molecule has 0 heterocycles. The van der Waals surface area contributed by atoms with E-state index < -0.39 is 13.8 Å². The van der Waals surface area contributed by atoms with Crippen molar-refractivity contribution in [3.05, 3.63) is 133 Å². The van der Waals surface area contributed by atoms with Crippen molar-refractivity contribution in [1.82, 2.24) is 0 Å². The van der Waals surface area contributed by atoms with Crippen molar-refractivity contribution < 1.29 is 18.9 Å². The summed E-state index contributed by atoms with van der Waals surface area (Å²) < 4.78 is 3.20. The van der Waals surface area contributed by atoms with E-state index in [0.29, 0.717) is 0 Å². The first-order chi connectivity index (χ1) is 18.1. The summed E-state index contributed by atoms with van der Waals surface area (Å²) in [6, 6.07) is 42.4. The average Bonchev–Trinajstić information content (AvgIpc) is 2.96. The fourth-order valence-electron chi connectivity index (χ4n) is 4.52. The Morgan fingerprint density at radius 1 is 0.405 bits per heavy atom. The van der Waals surface area contributed by atoms with Gasteiger partial charge in [-0.2, -0.15) is 0 Å². The van der Waals surface area contributed by atoms with E-state index in [0.717, 1.165) is 35.2 Å². The van der Waals surface area contributed by atoms with Crippen LogP contribution in [-0.4, -0.2) is 5.11 Å². The molecule has 7 heteroatoms. The molecule has 5 aromatic carbocycles. The van der Waals surface area contributed by atoms with Gasteiger partial charge in [-0.15, -0.1) is 0 Å². The van der Waals surface area contributed by atoms with E-state index in [1.807, 2.05) is 121 Å². The van der Waals surface area contributed by atoms with Crippen LogP contribution in [0.3, 0.4) is 0 Å². The Balaban J connectivity index is 1.47. The molecule has 0 amide bonds. The van der Waals surface area contributed by atoms with E-state index in [4.69, 9.17) is 9.69 Å². The van der Waals surface area contributed by atoms with Crippen molar-refractivity contribution in [3.63, 3.8) is 0 Å². The van der Waals surface area contributed by atoms with Gasteiger partial charge in [0.05, 0.1) is 0 Å². The second-order valence-corrected chi connectivity index (χ2v) is 22.2. The van der Waals surface area contributed by atoms with Crippen molar-refractivity contribution in [2.75, 3.05) is 0 Å². The fraction of sp³-hybridized carbons (Fsp3) is 0. The molecule has 0 aliphatic rings. The maximum absolute atomic E-state index is 9.88. The predicted molar refractivity (Wildman–Crippen MR) is 147 cm³/mol. The van der Waals surface area contributed by atoms with Gasteiger partial charge in [0.2, 0.25) is 0 Å². The topological polar surface area (TPSA) is 69.7 Å². The first-order valence-electron chi connectivity index (χ1n) is 12.1. The van der Waals surface area contributed by atoms with Gasteiger partial charge in [-0.1, -0.05) is 0 Å². The molecular weight excluding hydrogens is 533 g/mol. The van der Waals surface area contributed by atoms with Crippen LogP contribution in [0.15, 0.2) is 154 Å². The van der Waals surface area contributed by atoms with Crippen LogP contribution in [0.5, 0.6) is 5.75 Å². The summed E-state index contributed by atoms with van der Waals surface area (Å²) >= 11 is -4.00. The molecule has 178 valence electrons. The molecule has 5 aromatic rings. The number of nitrogens with zero attached hydrogens (tertiary/aromatic N) is 4. The molecule has 0 unspecified atom stereocenters. The van der Waals surface area contributed by atoms with Crippen LogP contribution in [-0.2, 0) is 13.8 Å². The van der Waals surface area contributed by atoms with Crippen molar-refractivity contribution >= 4 is 44.9 Å². The molecule has 37 heavy (non-hydrogen) atoms. The number of rotatable bonds is 7. The number of aromatic hydroxyl groups is 1. The maximum atomic E-state index is 9.88. The average molecular weight is 556 g/mol. The molecular formula is C30H23ClN4OZn. The summed E-state index contributed by atoms with van der Waals surface area (Å²) in [4.78, 5) is 0. The third kappa shape index (κ3) is 5.88. The summed E-state index contributed by atoms with van der Waals surface area (Å²) in [5.74, 6) is 0.212. The van der Waals surface area contributed by atoms with Gasteiger partial charge < -0.3 is 0 Å². The second-order valence-electron chi connectivity index (χ2n) is 9.00. The summed E-state index contributed by atoms with van der Waals surface area (Å²) in [6.07, 6.45) is 0. The van der Waals surface area contributed by atoms with Gasteiger partial charge in [0, 0.05) is 0 Å². The quantitative estimate of drug-likeness (QED) is 0.161. The van der Waals surface area contributed by atoms with Gasteiger partial charge in [-0.3, -0.25) is 0 Å². The van der Waals surface area contributed by atoms with Crippen LogP contribution in [0, 0.1) is 0 Å². The van der Waals surface area contributed by atoms with Crippen LogP contribution in [0.2, 0.25) is 0 Å². The number of phenolic OH excluding ortho intramolecular Hbond substituents is 1. The van der Waals surface area contributed by atoms with E-state index in [1.54, 1.807) is 12.1 Å². The number of hydrogen-bond donors (Lipinski definition) is 1. The van der Waals surface area contributed by atoms with Crippen molar-refractivity contribution in [3.8, 4) is 5.75 Å². The Kier molecular flexibility index (Phi) is 7.60. The molecule has 5 rings (SSSR count). The molecule has 0 aliphatic carbocycles. The molecule has 0 bridgehead atoms. The zero-order chi connectivity index (χ0) is 25.5. The van der Waals surface area contributed by atoms with Gasteiger partial charge in [-0.05, 0) is 0 Å². The molecule has 0 spiro atoms. The molecule has 0 atom stereocenters. The minimum atomic E-state index is -4.00. The Morgan fingerprint density at radius 2 is 0.703 bits per heavy atom. The van der Waals surface area contributed by atoms with Crippen molar-refractivity contribution in [2.24, 2.45) is 20.5 Å². The number of benzene rings is 5. The fourth-order valence-corrected chi connectivity index (χ4v) is 15.8. The molecule has 1 N–H and O–H groups in total. The van der Waals surface area contributed by atoms with Gasteiger partial charge in [0.25, 0.3) is 0 Å². The summed E-state index contributed by atoms with van der Waals surface area (Å²) in [7, 11) is 7.65. The standard InChI is InChI=1S/2C12H9N2.C6H5O.ClH.Zn/c2*1-3-7-11(8-4-1)13-14-12-9-5-2-6-10-12;7-6-4-2-1-3-5-6;;/h2*1,3-10H;2-5,7H;1H;/q;;;;+1/p-1/b2*14-13+;;;. The number of hydrogen-bond acceptors (Lipinski definition) is 5. The zero-order valence-corrected chi connectivity index (χ0v) is 23.7. The molecule has 0 fully saturated rings.